The van der Waals surface area contributed by atoms with Gasteiger partial charge in [-0.25, -0.2) is 0 Å². The van der Waals surface area contributed by atoms with E-state index in [1.54, 1.807) is 6.92 Å². The molecule has 0 aromatic rings. The number of allylic oxidation sites excluding steroid dienone is 1. The first-order valence-corrected chi connectivity index (χ1v) is 7.75. The molecule has 0 amide bonds. The molecular formula is C16H29NO2. The van der Waals surface area contributed by atoms with Crippen LogP contribution in [-0.2, 0) is 4.79 Å². The lowest BCUT2D eigenvalue weighted by molar-refractivity contribution is -0.141. The Labute approximate surface area is 117 Å². The minimum Gasteiger partial charge on any atom is -0.481 e. The summed E-state index contributed by atoms with van der Waals surface area (Å²) < 4.78 is 0. The topological polar surface area (TPSA) is 49.3 Å². The summed E-state index contributed by atoms with van der Waals surface area (Å²) in [5.41, 5.74) is 0. The first-order chi connectivity index (χ1) is 9.09. The number of carbonyl (C=O) groups is 1. The van der Waals surface area contributed by atoms with Crippen LogP contribution in [-0.4, -0.2) is 23.2 Å². The maximum absolute atomic E-state index is 10.7. The Kier molecular flexibility index (Phi) is 7.80. The molecule has 0 saturated heterocycles. The van der Waals surface area contributed by atoms with Crippen LogP contribution in [0, 0.1) is 5.92 Å². The lowest BCUT2D eigenvalue weighted by Gasteiger charge is -2.22. The fourth-order valence-electron chi connectivity index (χ4n) is 2.60. The molecule has 0 aromatic heterocycles. The third-order valence-corrected chi connectivity index (χ3v) is 3.95. The summed E-state index contributed by atoms with van der Waals surface area (Å²) in [6.07, 6.45) is 13.9. The molecule has 1 rings (SSSR count). The van der Waals surface area contributed by atoms with Gasteiger partial charge in [-0.15, -0.1) is 0 Å². The number of hydrogen-bond acceptors (Lipinski definition) is 2. The first-order valence-electron chi connectivity index (χ1n) is 7.75. The van der Waals surface area contributed by atoms with Crippen LogP contribution in [0.4, 0.5) is 0 Å². The van der Waals surface area contributed by atoms with Crippen molar-refractivity contribution < 1.29 is 9.90 Å². The molecule has 3 nitrogen and oxygen atoms in total. The zero-order valence-electron chi connectivity index (χ0n) is 12.4. The van der Waals surface area contributed by atoms with E-state index in [1.807, 2.05) is 0 Å². The van der Waals surface area contributed by atoms with Crippen molar-refractivity contribution in [3.8, 4) is 0 Å². The van der Waals surface area contributed by atoms with Crippen molar-refractivity contribution in [1.82, 2.24) is 5.32 Å². The summed E-state index contributed by atoms with van der Waals surface area (Å²) >= 11 is 0. The van der Waals surface area contributed by atoms with Crippen molar-refractivity contribution in [3.05, 3.63) is 12.2 Å². The van der Waals surface area contributed by atoms with Crippen LogP contribution in [0.1, 0.15) is 65.2 Å². The van der Waals surface area contributed by atoms with Crippen LogP contribution in [0.25, 0.3) is 0 Å². The van der Waals surface area contributed by atoms with E-state index < -0.39 is 5.97 Å². The van der Waals surface area contributed by atoms with E-state index in [4.69, 9.17) is 5.11 Å². The molecule has 3 atom stereocenters. The second kappa shape index (κ2) is 9.13. The van der Waals surface area contributed by atoms with E-state index in [0.717, 1.165) is 19.3 Å². The Hall–Kier alpha value is -0.830. The molecule has 0 radical (unpaired) electrons. The number of aliphatic carboxylic acids is 1. The molecule has 1 aliphatic carbocycles. The van der Waals surface area contributed by atoms with Gasteiger partial charge in [-0.1, -0.05) is 38.3 Å². The van der Waals surface area contributed by atoms with Crippen molar-refractivity contribution in [1.29, 1.82) is 0 Å². The molecule has 0 aliphatic heterocycles. The summed E-state index contributed by atoms with van der Waals surface area (Å²) in [5.74, 6) is -0.892. The minimum atomic E-state index is -0.677. The van der Waals surface area contributed by atoms with Gasteiger partial charge < -0.3 is 10.4 Å². The normalized spacial score (nSPS) is 25.1. The molecule has 0 heterocycles. The third kappa shape index (κ3) is 7.36. The highest BCUT2D eigenvalue weighted by Gasteiger charge is 2.13. The number of hydrogen-bond donors (Lipinski definition) is 2. The number of nitrogens with one attached hydrogen (secondary N) is 1. The minimum absolute atomic E-state index is 0.214. The van der Waals surface area contributed by atoms with Crippen LogP contribution in [0.2, 0.25) is 0 Å². The van der Waals surface area contributed by atoms with Gasteiger partial charge in [0.15, 0.2) is 0 Å². The lowest BCUT2D eigenvalue weighted by atomic mass is 9.99. The summed E-state index contributed by atoms with van der Waals surface area (Å²) in [6, 6.07) is 0.974. The highest BCUT2D eigenvalue weighted by molar-refractivity contribution is 5.69. The van der Waals surface area contributed by atoms with Gasteiger partial charge in [0.2, 0.25) is 0 Å². The molecule has 0 aromatic carbocycles. The number of carboxylic acids is 1. The first kappa shape index (κ1) is 16.2. The monoisotopic (exact) mass is 267 g/mol. The van der Waals surface area contributed by atoms with Crippen molar-refractivity contribution in [3.63, 3.8) is 0 Å². The molecule has 3 unspecified atom stereocenters. The Morgan fingerprint density at radius 3 is 2.84 bits per heavy atom. The molecule has 0 fully saturated rings. The van der Waals surface area contributed by atoms with Crippen molar-refractivity contribution in [2.45, 2.75) is 77.3 Å². The Morgan fingerprint density at radius 1 is 1.32 bits per heavy atom. The van der Waals surface area contributed by atoms with Crippen molar-refractivity contribution >= 4 is 5.97 Å². The predicted molar refractivity (Wildman–Crippen MR) is 79.3 cm³/mol. The van der Waals surface area contributed by atoms with Gasteiger partial charge in [-0.2, -0.15) is 0 Å². The number of rotatable bonds is 7. The fourth-order valence-corrected chi connectivity index (χ4v) is 2.60. The summed E-state index contributed by atoms with van der Waals surface area (Å²) in [6.45, 7) is 4.00. The van der Waals surface area contributed by atoms with Gasteiger partial charge >= 0.3 is 5.97 Å². The average Bonchev–Trinajstić information content (AvgIpc) is 2.32. The molecular weight excluding hydrogens is 238 g/mol. The SMILES string of the molecule is CC(CCCC(C)C(=O)O)NC1/C=C/CCCCC1. The van der Waals surface area contributed by atoms with E-state index in [2.05, 4.69) is 24.4 Å². The molecule has 110 valence electrons. The standard InChI is InChI=1S/C16H29NO2/c1-13(16(18)19)9-8-10-14(2)17-15-11-6-4-3-5-7-12-15/h6,11,13-15,17H,3-5,7-10,12H2,1-2H3,(H,18,19)/b11-6+. The highest BCUT2D eigenvalue weighted by atomic mass is 16.4. The summed E-state index contributed by atoms with van der Waals surface area (Å²) in [7, 11) is 0. The molecule has 2 N–H and O–H groups in total. The average molecular weight is 267 g/mol. The second-order valence-electron chi connectivity index (χ2n) is 5.91. The maximum Gasteiger partial charge on any atom is 0.306 e. The zero-order valence-corrected chi connectivity index (χ0v) is 12.4. The molecule has 3 heteroatoms. The number of carboxylic acid groups (broad SMARTS) is 1. The summed E-state index contributed by atoms with van der Waals surface area (Å²) in [5, 5.41) is 12.5. The van der Waals surface area contributed by atoms with Gasteiger partial charge in [0, 0.05) is 12.1 Å². The Bertz CT molecular complexity index is 288. The third-order valence-electron chi connectivity index (χ3n) is 3.95. The molecule has 19 heavy (non-hydrogen) atoms. The lowest BCUT2D eigenvalue weighted by Crippen LogP contribution is -2.35. The van der Waals surface area contributed by atoms with Gasteiger partial charge in [-0.05, 0) is 39.0 Å². The smallest absolute Gasteiger partial charge is 0.306 e. The van der Waals surface area contributed by atoms with Crippen molar-refractivity contribution in [2.75, 3.05) is 0 Å². The van der Waals surface area contributed by atoms with Crippen LogP contribution in [0.5, 0.6) is 0 Å². The Morgan fingerprint density at radius 2 is 2.11 bits per heavy atom. The van der Waals surface area contributed by atoms with Crippen LogP contribution < -0.4 is 5.32 Å². The van der Waals surface area contributed by atoms with E-state index in [0.29, 0.717) is 12.1 Å². The van der Waals surface area contributed by atoms with Crippen LogP contribution in [0.15, 0.2) is 12.2 Å². The van der Waals surface area contributed by atoms with E-state index >= 15 is 0 Å². The molecule has 0 spiro atoms. The van der Waals surface area contributed by atoms with E-state index in [9.17, 15) is 4.79 Å². The quantitative estimate of drug-likeness (QED) is 0.691. The van der Waals surface area contributed by atoms with Gasteiger partial charge in [0.25, 0.3) is 0 Å². The highest BCUT2D eigenvalue weighted by Crippen LogP contribution is 2.14. The Balaban J connectivity index is 2.20. The van der Waals surface area contributed by atoms with Crippen LogP contribution >= 0.6 is 0 Å². The summed E-state index contributed by atoms with van der Waals surface area (Å²) in [4.78, 5) is 10.7. The van der Waals surface area contributed by atoms with Gasteiger partial charge in [0.1, 0.15) is 0 Å². The van der Waals surface area contributed by atoms with Crippen molar-refractivity contribution in [2.24, 2.45) is 5.92 Å². The fraction of sp³-hybridized carbons (Fsp3) is 0.812. The van der Waals surface area contributed by atoms with Crippen LogP contribution in [0.3, 0.4) is 0 Å². The zero-order chi connectivity index (χ0) is 14.1. The van der Waals surface area contributed by atoms with Gasteiger partial charge in [-0.3, -0.25) is 4.79 Å². The second-order valence-corrected chi connectivity index (χ2v) is 5.91. The maximum atomic E-state index is 10.7. The molecule has 0 bridgehead atoms. The van der Waals surface area contributed by atoms with Gasteiger partial charge in [0.05, 0.1) is 5.92 Å². The predicted octanol–water partition coefficient (Wildman–Crippen LogP) is 3.74. The largest absolute Gasteiger partial charge is 0.481 e. The molecule has 1 aliphatic rings. The van der Waals surface area contributed by atoms with E-state index in [1.165, 1.54) is 32.1 Å². The van der Waals surface area contributed by atoms with E-state index in [-0.39, 0.29) is 5.92 Å². The molecule has 0 saturated carbocycles.